The van der Waals surface area contributed by atoms with Gasteiger partial charge in [0.15, 0.2) is 0 Å². The van der Waals surface area contributed by atoms with E-state index in [1.54, 1.807) is 6.07 Å². The third-order valence-corrected chi connectivity index (χ3v) is 3.76. The van der Waals surface area contributed by atoms with Crippen LogP contribution in [0.3, 0.4) is 0 Å². The molecule has 24 heavy (non-hydrogen) atoms. The largest absolute Gasteiger partial charge is 0.411 e. The third kappa shape index (κ3) is 3.53. The number of aryl methyl sites for hydroxylation is 1. The first kappa shape index (κ1) is 15.6. The number of rotatable bonds is 3. The Morgan fingerprint density at radius 3 is 2.83 bits per heavy atom. The van der Waals surface area contributed by atoms with Crippen molar-refractivity contribution in [3.8, 4) is 11.8 Å². The highest BCUT2D eigenvalue weighted by atomic mass is 16.4. The number of nitrogens with two attached hydrogens (primary N) is 1. The number of nitrogen functional groups attached to an aromatic ring is 1. The van der Waals surface area contributed by atoms with Gasteiger partial charge in [0.2, 0.25) is 0 Å². The SMILES string of the molecule is Nc1c(CCC#Cc2cccc(/C=N\O)n2)ccc2ccccc12. The molecule has 0 fully saturated rings. The van der Waals surface area contributed by atoms with Crippen molar-refractivity contribution in [2.45, 2.75) is 12.8 Å². The van der Waals surface area contributed by atoms with E-state index in [4.69, 9.17) is 10.9 Å². The zero-order chi connectivity index (χ0) is 16.8. The number of hydrogen-bond donors (Lipinski definition) is 2. The van der Waals surface area contributed by atoms with Gasteiger partial charge in [0, 0.05) is 17.5 Å². The molecule has 3 aromatic rings. The summed E-state index contributed by atoms with van der Waals surface area (Å²) in [5.74, 6) is 6.14. The van der Waals surface area contributed by atoms with E-state index in [9.17, 15) is 0 Å². The smallest absolute Gasteiger partial charge is 0.113 e. The Kier molecular flexibility index (Phi) is 4.73. The van der Waals surface area contributed by atoms with Crippen molar-refractivity contribution in [1.29, 1.82) is 0 Å². The zero-order valence-electron chi connectivity index (χ0n) is 13.1. The van der Waals surface area contributed by atoms with Crippen molar-refractivity contribution in [2.24, 2.45) is 5.16 Å². The van der Waals surface area contributed by atoms with Crippen LogP contribution in [-0.2, 0) is 6.42 Å². The van der Waals surface area contributed by atoms with Crippen molar-refractivity contribution >= 4 is 22.7 Å². The second-order valence-electron chi connectivity index (χ2n) is 5.35. The molecule has 2 aromatic carbocycles. The number of hydrogen-bond acceptors (Lipinski definition) is 4. The van der Waals surface area contributed by atoms with Gasteiger partial charge in [-0.3, -0.25) is 0 Å². The average Bonchev–Trinajstić information content (AvgIpc) is 2.61. The van der Waals surface area contributed by atoms with Crippen molar-refractivity contribution < 1.29 is 5.21 Å². The molecule has 3 N–H and O–H groups in total. The van der Waals surface area contributed by atoms with Gasteiger partial charge < -0.3 is 10.9 Å². The first-order valence-corrected chi connectivity index (χ1v) is 7.67. The maximum absolute atomic E-state index is 8.53. The maximum atomic E-state index is 8.53. The lowest BCUT2D eigenvalue weighted by molar-refractivity contribution is 0.321. The number of aromatic nitrogens is 1. The molecular weight excluding hydrogens is 298 g/mol. The highest BCUT2D eigenvalue weighted by Crippen LogP contribution is 2.25. The summed E-state index contributed by atoms with van der Waals surface area (Å²) in [6, 6.07) is 17.7. The molecule has 0 unspecified atom stereocenters. The molecule has 4 nitrogen and oxygen atoms in total. The summed E-state index contributed by atoms with van der Waals surface area (Å²) < 4.78 is 0. The van der Waals surface area contributed by atoms with Crippen LogP contribution in [0.25, 0.3) is 10.8 Å². The predicted molar refractivity (Wildman–Crippen MR) is 97.2 cm³/mol. The van der Waals surface area contributed by atoms with Crippen LogP contribution < -0.4 is 5.73 Å². The number of fused-ring (bicyclic) bond motifs is 1. The van der Waals surface area contributed by atoms with Crippen molar-refractivity contribution in [2.75, 3.05) is 5.73 Å². The van der Waals surface area contributed by atoms with Gasteiger partial charge >= 0.3 is 0 Å². The molecule has 1 aromatic heterocycles. The predicted octanol–water partition coefficient (Wildman–Crippen LogP) is 3.61. The van der Waals surface area contributed by atoms with Crippen molar-refractivity contribution in [1.82, 2.24) is 4.98 Å². The lowest BCUT2D eigenvalue weighted by atomic mass is 10.0. The maximum Gasteiger partial charge on any atom is 0.113 e. The van der Waals surface area contributed by atoms with Gasteiger partial charge in [-0.2, -0.15) is 0 Å². The minimum Gasteiger partial charge on any atom is -0.411 e. The quantitative estimate of drug-likeness (QED) is 0.255. The van der Waals surface area contributed by atoms with E-state index in [2.05, 4.69) is 40.2 Å². The van der Waals surface area contributed by atoms with Crippen molar-refractivity contribution in [3.05, 3.63) is 71.5 Å². The summed E-state index contributed by atoms with van der Waals surface area (Å²) in [6.45, 7) is 0. The fourth-order valence-electron chi connectivity index (χ4n) is 2.56. The number of pyridine rings is 1. The van der Waals surface area contributed by atoms with E-state index in [0.717, 1.165) is 28.4 Å². The molecule has 118 valence electrons. The summed E-state index contributed by atoms with van der Waals surface area (Å²) in [6.07, 6.45) is 2.77. The van der Waals surface area contributed by atoms with Crippen LogP contribution in [0.2, 0.25) is 0 Å². The summed E-state index contributed by atoms with van der Waals surface area (Å²) in [5, 5.41) is 13.7. The molecule has 0 bridgehead atoms. The number of oxime groups is 1. The highest BCUT2D eigenvalue weighted by Gasteiger charge is 2.03. The lowest BCUT2D eigenvalue weighted by Crippen LogP contribution is -1.95. The van der Waals surface area contributed by atoms with E-state index in [0.29, 0.717) is 17.8 Å². The minimum atomic E-state index is 0.572. The topological polar surface area (TPSA) is 71.5 Å². The van der Waals surface area contributed by atoms with Gasteiger partial charge in [0.05, 0.1) is 11.9 Å². The monoisotopic (exact) mass is 315 g/mol. The number of anilines is 1. The summed E-state index contributed by atoms with van der Waals surface area (Å²) in [4.78, 5) is 4.26. The molecule has 0 spiro atoms. The second kappa shape index (κ2) is 7.30. The van der Waals surface area contributed by atoms with E-state index in [1.165, 1.54) is 6.21 Å². The molecule has 0 saturated heterocycles. The van der Waals surface area contributed by atoms with Gasteiger partial charge in [-0.1, -0.05) is 53.5 Å². The first-order valence-electron chi connectivity index (χ1n) is 7.67. The molecular formula is C20H17N3O. The van der Waals surface area contributed by atoms with Gasteiger partial charge in [0.1, 0.15) is 5.69 Å². The fourth-order valence-corrected chi connectivity index (χ4v) is 2.56. The molecule has 0 radical (unpaired) electrons. The Balaban J connectivity index is 1.71. The third-order valence-electron chi connectivity index (χ3n) is 3.76. The Morgan fingerprint density at radius 1 is 1.08 bits per heavy atom. The van der Waals surface area contributed by atoms with Crippen LogP contribution in [0.5, 0.6) is 0 Å². The molecule has 1 heterocycles. The Bertz CT molecular complexity index is 952. The fraction of sp³-hybridized carbons (Fsp3) is 0.100. The van der Waals surface area contributed by atoms with E-state index < -0.39 is 0 Å². The highest BCUT2D eigenvalue weighted by molar-refractivity contribution is 5.94. The molecule has 0 aliphatic rings. The Morgan fingerprint density at radius 2 is 1.96 bits per heavy atom. The number of nitrogens with zero attached hydrogens (tertiary/aromatic N) is 2. The standard InChI is InChI=1S/C20H17N3O/c21-20-16(13-12-15-6-2-4-11-19(15)20)7-1-3-8-17-9-5-10-18(23-17)14-22-24/h2,4-6,9-14,24H,1,7,21H2/b22-14-. The van der Waals surface area contributed by atoms with E-state index >= 15 is 0 Å². The van der Waals surface area contributed by atoms with Gasteiger partial charge in [-0.15, -0.1) is 0 Å². The lowest BCUT2D eigenvalue weighted by Gasteiger charge is -2.07. The molecule has 0 aliphatic heterocycles. The van der Waals surface area contributed by atoms with E-state index in [1.807, 2.05) is 30.3 Å². The van der Waals surface area contributed by atoms with Crippen LogP contribution >= 0.6 is 0 Å². The summed E-state index contributed by atoms with van der Waals surface area (Å²) in [7, 11) is 0. The Labute approximate surface area is 140 Å². The number of benzene rings is 2. The van der Waals surface area contributed by atoms with Crippen molar-refractivity contribution in [3.63, 3.8) is 0 Å². The van der Waals surface area contributed by atoms with Crippen LogP contribution in [0.4, 0.5) is 5.69 Å². The van der Waals surface area contributed by atoms with E-state index in [-0.39, 0.29) is 0 Å². The molecule has 0 saturated carbocycles. The molecule has 0 atom stereocenters. The van der Waals surface area contributed by atoms with Crippen LogP contribution in [0.1, 0.15) is 23.4 Å². The zero-order valence-corrected chi connectivity index (χ0v) is 13.1. The summed E-state index contributed by atoms with van der Waals surface area (Å²) >= 11 is 0. The molecule has 4 heteroatoms. The average molecular weight is 315 g/mol. The van der Waals surface area contributed by atoms with Crippen LogP contribution in [-0.4, -0.2) is 16.4 Å². The van der Waals surface area contributed by atoms with Gasteiger partial charge in [0.25, 0.3) is 0 Å². The first-order chi connectivity index (χ1) is 11.8. The summed E-state index contributed by atoms with van der Waals surface area (Å²) in [5.41, 5.74) is 9.43. The normalized spacial score (nSPS) is 10.7. The van der Waals surface area contributed by atoms with Crippen LogP contribution in [0, 0.1) is 11.8 Å². The van der Waals surface area contributed by atoms with Gasteiger partial charge in [-0.25, -0.2) is 4.98 Å². The molecule has 0 aliphatic carbocycles. The molecule has 0 amide bonds. The minimum absolute atomic E-state index is 0.572. The second-order valence-corrected chi connectivity index (χ2v) is 5.35. The van der Waals surface area contributed by atoms with Crippen LogP contribution in [0.15, 0.2) is 59.8 Å². The molecule has 3 rings (SSSR count). The van der Waals surface area contributed by atoms with Gasteiger partial charge in [-0.05, 0) is 35.4 Å². The Hall–Kier alpha value is -3.32.